The molecule has 1 fully saturated rings. The maximum absolute atomic E-state index is 9.78. The Bertz CT molecular complexity index is 213. The van der Waals surface area contributed by atoms with E-state index in [4.69, 9.17) is 4.74 Å². The van der Waals surface area contributed by atoms with Gasteiger partial charge in [-0.1, -0.05) is 47.0 Å². The Morgan fingerprint density at radius 3 is 2.65 bits per heavy atom. The summed E-state index contributed by atoms with van der Waals surface area (Å²) in [5.74, 6) is 0.674. The Hall–Kier alpha value is -0.0800. The summed E-state index contributed by atoms with van der Waals surface area (Å²) in [6.07, 6.45) is 6.97. The molecule has 0 aromatic carbocycles. The Morgan fingerprint density at radius 2 is 2.06 bits per heavy atom. The molecule has 0 amide bonds. The van der Waals surface area contributed by atoms with E-state index in [0.717, 1.165) is 12.8 Å². The average Bonchev–Trinajstić information content (AvgIpc) is 2.26. The van der Waals surface area contributed by atoms with Crippen LogP contribution in [0, 0.1) is 11.3 Å². The molecule has 0 radical (unpaired) electrons. The first-order valence-electron chi connectivity index (χ1n) is 7.31. The molecule has 0 bridgehead atoms. The van der Waals surface area contributed by atoms with Gasteiger partial charge in [-0.15, -0.1) is 0 Å². The predicted molar refractivity (Wildman–Crippen MR) is 72.1 cm³/mol. The topological polar surface area (TPSA) is 29.5 Å². The van der Waals surface area contributed by atoms with E-state index in [1.165, 1.54) is 25.7 Å². The van der Waals surface area contributed by atoms with Crippen molar-refractivity contribution in [2.75, 3.05) is 6.61 Å². The standard InChI is InChI=1S/C15H30O2/c1-5-8-13(16)11-17-14-12(6-2)9-7-10-15(14,3)4/h12-14,16H,5-11H2,1-4H3. The monoisotopic (exact) mass is 242 g/mol. The summed E-state index contributed by atoms with van der Waals surface area (Å²) >= 11 is 0. The Kier molecular flexibility index (Phi) is 5.94. The van der Waals surface area contributed by atoms with Crippen LogP contribution in [-0.2, 0) is 4.74 Å². The third-order valence-electron chi connectivity index (χ3n) is 4.21. The van der Waals surface area contributed by atoms with Gasteiger partial charge in [0.1, 0.15) is 0 Å². The van der Waals surface area contributed by atoms with Crippen LogP contribution in [-0.4, -0.2) is 23.9 Å². The van der Waals surface area contributed by atoms with Crippen molar-refractivity contribution >= 4 is 0 Å². The molecule has 0 aliphatic heterocycles. The van der Waals surface area contributed by atoms with Crippen LogP contribution < -0.4 is 0 Å². The molecule has 1 rings (SSSR count). The zero-order chi connectivity index (χ0) is 12.9. The lowest BCUT2D eigenvalue weighted by Crippen LogP contribution is -2.43. The fourth-order valence-corrected chi connectivity index (χ4v) is 3.16. The fraction of sp³-hybridized carbons (Fsp3) is 1.00. The number of rotatable bonds is 6. The maximum Gasteiger partial charge on any atom is 0.0773 e. The summed E-state index contributed by atoms with van der Waals surface area (Å²) < 4.78 is 6.07. The fourth-order valence-electron chi connectivity index (χ4n) is 3.16. The molecule has 3 atom stereocenters. The van der Waals surface area contributed by atoms with E-state index in [1.54, 1.807) is 0 Å². The van der Waals surface area contributed by atoms with Gasteiger partial charge in [-0.2, -0.15) is 0 Å². The van der Waals surface area contributed by atoms with Crippen molar-refractivity contribution in [2.45, 2.75) is 78.4 Å². The van der Waals surface area contributed by atoms with Gasteiger partial charge in [-0.3, -0.25) is 0 Å². The van der Waals surface area contributed by atoms with Gasteiger partial charge in [0.25, 0.3) is 0 Å². The smallest absolute Gasteiger partial charge is 0.0773 e. The molecule has 0 saturated heterocycles. The van der Waals surface area contributed by atoms with Crippen LogP contribution in [0.3, 0.4) is 0 Å². The van der Waals surface area contributed by atoms with Crippen LogP contribution in [0.25, 0.3) is 0 Å². The molecule has 1 N–H and O–H groups in total. The highest BCUT2D eigenvalue weighted by atomic mass is 16.5. The Balaban J connectivity index is 2.51. The zero-order valence-electron chi connectivity index (χ0n) is 12.0. The molecular formula is C15H30O2. The van der Waals surface area contributed by atoms with E-state index >= 15 is 0 Å². The number of aliphatic hydroxyl groups excluding tert-OH is 1. The van der Waals surface area contributed by atoms with Gasteiger partial charge in [0.05, 0.1) is 18.8 Å². The molecule has 0 aromatic heterocycles. The second kappa shape index (κ2) is 6.75. The van der Waals surface area contributed by atoms with Crippen molar-refractivity contribution in [3.63, 3.8) is 0 Å². The molecule has 17 heavy (non-hydrogen) atoms. The molecule has 0 aromatic rings. The molecule has 2 nitrogen and oxygen atoms in total. The van der Waals surface area contributed by atoms with Gasteiger partial charge in [-0.25, -0.2) is 0 Å². The summed E-state index contributed by atoms with van der Waals surface area (Å²) in [4.78, 5) is 0. The van der Waals surface area contributed by atoms with E-state index in [-0.39, 0.29) is 11.5 Å². The first-order chi connectivity index (χ1) is 8.01. The summed E-state index contributed by atoms with van der Waals surface area (Å²) in [7, 11) is 0. The van der Waals surface area contributed by atoms with E-state index in [0.29, 0.717) is 18.6 Å². The van der Waals surface area contributed by atoms with Crippen LogP contribution in [0.5, 0.6) is 0 Å². The lowest BCUT2D eigenvalue weighted by Gasteiger charge is -2.43. The second-order valence-corrected chi connectivity index (χ2v) is 6.25. The number of hydrogen-bond donors (Lipinski definition) is 1. The lowest BCUT2D eigenvalue weighted by molar-refractivity contribution is -0.109. The molecular weight excluding hydrogens is 212 g/mol. The molecule has 3 unspecified atom stereocenters. The first kappa shape index (κ1) is 15.0. The van der Waals surface area contributed by atoms with Gasteiger partial charge >= 0.3 is 0 Å². The zero-order valence-corrected chi connectivity index (χ0v) is 12.0. The maximum atomic E-state index is 9.78. The normalized spacial score (nSPS) is 30.2. The third kappa shape index (κ3) is 4.26. The summed E-state index contributed by atoms with van der Waals surface area (Å²) in [6.45, 7) is 9.49. The highest BCUT2D eigenvalue weighted by Crippen LogP contribution is 2.42. The third-order valence-corrected chi connectivity index (χ3v) is 4.21. The first-order valence-corrected chi connectivity index (χ1v) is 7.31. The molecule has 0 spiro atoms. The van der Waals surface area contributed by atoms with Crippen molar-refractivity contribution in [1.29, 1.82) is 0 Å². The van der Waals surface area contributed by atoms with Gasteiger partial charge in [0, 0.05) is 0 Å². The minimum absolute atomic E-state index is 0.269. The predicted octanol–water partition coefficient (Wildman–Crippen LogP) is 3.77. The van der Waals surface area contributed by atoms with Crippen LogP contribution in [0.15, 0.2) is 0 Å². The van der Waals surface area contributed by atoms with Crippen molar-refractivity contribution in [1.82, 2.24) is 0 Å². The van der Waals surface area contributed by atoms with Crippen molar-refractivity contribution in [3.8, 4) is 0 Å². The minimum Gasteiger partial charge on any atom is -0.391 e. The molecule has 0 heterocycles. The highest BCUT2D eigenvalue weighted by molar-refractivity contribution is 4.89. The molecule has 1 aliphatic carbocycles. The van der Waals surface area contributed by atoms with Crippen molar-refractivity contribution in [3.05, 3.63) is 0 Å². The number of ether oxygens (including phenoxy) is 1. The van der Waals surface area contributed by atoms with Crippen LogP contribution >= 0.6 is 0 Å². The quantitative estimate of drug-likeness (QED) is 0.768. The number of aliphatic hydroxyl groups is 1. The van der Waals surface area contributed by atoms with Crippen LogP contribution in [0.2, 0.25) is 0 Å². The minimum atomic E-state index is -0.282. The van der Waals surface area contributed by atoms with Gasteiger partial charge < -0.3 is 9.84 Å². The summed E-state index contributed by atoms with van der Waals surface area (Å²) in [5.41, 5.74) is 0.269. The molecule has 2 heteroatoms. The molecule has 102 valence electrons. The second-order valence-electron chi connectivity index (χ2n) is 6.25. The van der Waals surface area contributed by atoms with E-state index in [2.05, 4.69) is 27.7 Å². The summed E-state index contributed by atoms with van der Waals surface area (Å²) in [5, 5.41) is 9.78. The molecule has 1 saturated carbocycles. The van der Waals surface area contributed by atoms with Crippen LogP contribution in [0.4, 0.5) is 0 Å². The van der Waals surface area contributed by atoms with Crippen molar-refractivity contribution < 1.29 is 9.84 Å². The van der Waals surface area contributed by atoms with Crippen LogP contribution in [0.1, 0.15) is 66.2 Å². The van der Waals surface area contributed by atoms with Gasteiger partial charge in [0.2, 0.25) is 0 Å². The molecule has 1 aliphatic rings. The average molecular weight is 242 g/mol. The van der Waals surface area contributed by atoms with Crippen molar-refractivity contribution in [2.24, 2.45) is 11.3 Å². The van der Waals surface area contributed by atoms with Gasteiger partial charge in [-0.05, 0) is 30.6 Å². The lowest BCUT2D eigenvalue weighted by atomic mass is 9.69. The summed E-state index contributed by atoms with van der Waals surface area (Å²) in [6, 6.07) is 0. The van der Waals surface area contributed by atoms with Gasteiger partial charge in [0.15, 0.2) is 0 Å². The Labute approximate surface area is 107 Å². The van der Waals surface area contributed by atoms with E-state index in [1.807, 2.05) is 0 Å². The number of hydrogen-bond acceptors (Lipinski definition) is 2. The van der Waals surface area contributed by atoms with E-state index < -0.39 is 0 Å². The Morgan fingerprint density at radius 1 is 1.35 bits per heavy atom. The highest BCUT2D eigenvalue weighted by Gasteiger charge is 2.39. The SMILES string of the molecule is CCCC(O)COC1C(CC)CCCC1(C)C. The van der Waals surface area contributed by atoms with E-state index in [9.17, 15) is 5.11 Å². The largest absolute Gasteiger partial charge is 0.391 e.